The first kappa shape index (κ1) is 55.5. The van der Waals surface area contributed by atoms with Crippen molar-refractivity contribution < 1.29 is 50.6 Å². The van der Waals surface area contributed by atoms with Crippen LogP contribution in [0.1, 0.15) is 110 Å². The van der Waals surface area contributed by atoms with Crippen molar-refractivity contribution >= 4 is 46.1 Å². The van der Waals surface area contributed by atoms with Gasteiger partial charge in [0.15, 0.2) is 22.9 Å². The van der Waals surface area contributed by atoms with Crippen molar-refractivity contribution in [1.82, 2.24) is 24.1 Å². The summed E-state index contributed by atoms with van der Waals surface area (Å²) in [5.74, 6) is -1.10. The number of carboxylic acids is 1. The first-order chi connectivity index (χ1) is 36.0. The molecule has 0 bridgehead atoms. The van der Waals surface area contributed by atoms with Gasteiger partial charge >= 0.3 is 18.3 Å². The van der Waals surface area contributed by atoms with Crippen LogP contribution in [0.4, 0.5) is 37.7 Å². The highest BCUT2D eigenvalue weighted by atomic mass is 19.4. The summed E-state index contributed by atoms with van der Waals surface area (Å²) in [4.78, 5) is 57.3. The molecule has 0 fully saturated rings. The van der Waals surface area contributed by atoms with E-state index in [9.17, 15) is 50.6 Å². The van der Waals surface area contributed by atoms with E-state index in [2.05, 4.69) is 25.9 Å². The van der Waals surface area contributed by atoms with E-state index >= 15 is 0 Å². The molecule has 1 amide bonds. The Kier molecular flexibility index (Phi) is 16.9. The molecule has 0 unspecified atom stereocenters. The molecule has 18 heteroatoms. The molecule has 0 atom stereocenters. The highest BCUT2D eigenvalue weighted by molar-refractivity contribution is 5.99. The molecule has 0 aliphatic carbocycles. The number of hydrogen-bond donors (Lipinski definition) is 4. The molecule has 0 spiro atoms. The Hall–Kier alpha value is -8.28. The van der Waals surface area contributed by atoms with Gasteiger partial charge in [-0.3, -0.25) is 23.2 Å². The van der Waals surface area contributed by atoms with Crippen LogP contribution in [0.25, 0.3) is 56.1 Å². The molecule has 8 rings (SSSR count). The molecule has 4 N–H and O–H groups in total. The monoisotopic (exact) mass is 1050 g/mol. The lowest BCUT2D eigenvalue weighted by Gasteiger charge is -2.15. The Morgan fingerprint density at radius 2 is 0.882 bits per heavy atom. The number of rotatable bonds is 17. The zero-order chi connectivity index (χ0) is 55.2. The maximum Gasteiger partial charge on any atom is 0.390 e. The van der Waals surface area contributed by atoms with Crippen molar-refractivity contribution in [1.29, 1.82) is 0 Å². The molecule has 0 saturated heterocycles. The van der Waals surface area contributed by atoms with Gasteiger partial charge in [0.05, 0.1) is 53.6 Å². The number of nitrogens with zero attached hydrogens (tertiary/aromatic N) is 4. The number of carbonyl (C=O) groups excluding carboxylic acids is 3. The Balaban J connectivity index is 0.000000221. The smallest absolute Gasteiger partial charge is 0.390 e. The van der Waals surface area contributed by atoms with E-state index in [0.717, 1.165) is 44.6 Å². The van der Waals surface area contributed by atoms with Crippen LogP contribution < -0.4 is 16.0 Å². The largest absolute Gasteiger partial charge is 0.478 e. The van der Waals surface area contributed by atoms with Gasteiger partial charge < -0.3 is 21.1 Å². The van der Waals surface area contributed by atoms with E-state index in [1.165, 1.54) is 6.07 Å². The molecule has 396 valence electrons. The van der Waals surface area contributed by atoms with Gasteiger partial charge in [0.2, 0.25) is 0 Å². The third-order valence-corrected chi connectivity index (χ3v) is 12.9. The van der Waals surface area contributed by atoms with Crippen molar-refractivity contribution in [2.24, 2.45) is 0 Å². The molecule has 4 aromatic heterocycles. The zero-order valence-corrected chi connectivity index (χ0v) is 43.0. The number of carboxylic acid groups (broad SMARTS) is 1. The van der Waals surface area contributed by atoms with Gasteiger partial charge in [0.25, 0.3) is 5.91 Å². The minimum Gasteiger partial charge on any atom is -0.478 e. The van der Waals surface area contributed by atoms with Crippen LogP contribution in [0.15, 0.2) is 110 Å². The summed E-state index contributed by atoms with van der Waals surface area (Å²) in [6.45, 7) is 12.6. The predicted octanol–water partition coefficient (Wildman–Crippen LogP) is 13.9. The van der Waals surface area contributed by atoms with Crippen molar-refractivity contribution in [3.8, 4) is 44.8 Å². The number of fused-ring (bicyclic) bond motifs is 2. The van der Waals surface area contributed by atoms with Crippen LogP contribution >= 0.6 is 0 Å². The lowest BCUT2D eigenvalue weighted by Crippen LogP contribution is -2.23. The van der Waals surface area contributed by atoms with E-state index in [1.54, 1.807) is 73.1 Å². The molecule has 4 heterocycles. The predicted molar refractivity (Wildman–Crippen MR) is 284 cm³/mol. The molecule has 0 aliphatic rings. The third kappa shape index (κ3) is 12.8. The van der Waals surface area contributed by atoms with Crippen LogP contribution in [0, 0.1) is 27.7 Å². The molecule has 0 aliphatic heterocycles. The second-order valence-corrected chi connectivity index (χ2v) is 18.4. The van der Waals surface area contributed by atoms with E-state index in [1.807, 2.05) is 87.8 Å². The summed E-state index contributed by atoms with van der Waals surface area (Å²) in [5, 5.41) is 17.9. The summed E-state index contributed by atoms with van der Waals surface area (Å²) >= 11 is 0. The van der Waals surface area contributed by atoms with E-state index in [-0.39, 0.29) is 36.1 Å². The number of hydrogen-bond acceptors (Lipinski definition) is 8. The van der Waals surface area contributed by atoms with Crippen LogP contribution in [0.2, 0.25) is 0 Å². The lowest BCUT2D eigenvalue weighted by molar-refractivity contribution is -0.132. The average Bonchev–Trinajstić information content (AvgIpc) is 4.01. The number of ketones is 2. The van der Waals surface area contributed by atoms with Crippen LogP contribution in [0.5, 0.6) is 0 Å². The minimum absolute atomic E-state index is 0.0424. The van der Waals surface area contributed by atoms with Gasteiger partial charge in [-0.25, -0.2) is 14.8 Å². The normalized spacial score (nSPS) is 11.6. The van der Waals surface area contributed by atoms with Crippen LogP contribution in [-0.4, -0.2) is 79.3 Å². The molecule has 4 aromatic carbocycles. The molecular formula is C58H57F6N7O5. The lowest BCUT2D eigenvalue weighted by atomic mass is 9.99. The first-order valence-corrected chi connectivity index (χ1v) is 24.7. The fourth-order valence-electron chi connectivity index (χ4n) is 8.94. The van der Waals surface area contributed by atoms with E-state index < -0.39 is 31.2 Å². The SMILES string of the molecule is CCC(=O)c1ccc(-c2cnc3c(NCCC(F)(F)F)cc(-c4ccc(C(=O)O)c(C)c4)cn23)cc1C.CCNC(=O)c1ccc(-c2cc(NCCC(F)(F)F)c3ncc(-c4ccc(C(=O)CC)c(C)c4)n3c2)cc1C. The first-order valence-electron chi connectivity index (χ1n) is 24.7. The number of amides is 1. The number of halogens is 6. The number of aromatic nitrogens is 4. The standard InChI is InChI=1S/C30H31F3N4O2.C28H26F3N3O3/c1-5-27(38)23-9-8-21(14-18(23)3)26-16-36-28-25(35-12-11-30(31,32)33)15-22(17-37(26)28)20-7-10-24(19(4)13-20)29(39)34-6-2;1-4-25(35)21-7-6-19(12-16(21)2)24-14-33-26-23(32-10-9-28(29,30)31)13-20(15-34(24)26)18-5-8-22(27(36)37)17(3)11-18/h7-10,13-17,35H,5-6,11-12H2,1-4H3,(H,34,39);5-8,11-15,32H,4,9-10H2,1-3H3,(H,36,37). The highest BCUT2D eigenvalue weighted by Gasteiger charge is 2.28. The third-order valence-electron chi connectivity index (χ3n) is 12.9. The second-order valence-electron chi connectivity index (χ2n) is 18.4. The summed E-state index contributed by atoms with van der Waals surface area (Å²) in [5.41, 5.74) is 12.9. The Bertz CT molecular complexity index is 3500. The number of benzene rings is 4. The van der Waals surface area contributed by atoms with Crippen molar-refractivity contribution in [2.75, 3.05) is 30.3 Å². The number of anilines is 2. The molecule has 0 radical (unpaired) electrons. The number of aryl methyl sites for hydroxylation is 4. The number of imidazole rings is 2. The van der Waals surface area contributed by atoms with Crippen molar-refractivity contribution in [2.45, 2.75) is 86.5 Å². The fourth-order valence-corrected chi connectivity index (χ4v) is 8.94. The van der Waals surface area contributed by atoms with Gasteiger partial charge in [0.1, 0.15) is 0 Å². The number of alkyl halides is 6. The number of pyridine rings is 2. The van der Waals surface area contributed by atoms with Crippen molar-refractivity contribution in [3.63, 3.8) is 0 Å². The number of aromatic carboxylic acids is 1. The molecule has 0 saturated carbocycles. The van der Waals surface area contributed by atoms with Gasteiger partial charge in [-0.1, -0.05) is 62.4 Å². The molecular weight excluding hydrogens is 989 g/mol. The highest BCUT2D eigenvalue weighted by Crippen LogP contribution is 2.35. The van der Waals surface area contributed by atoms with Crippen molar-refractivity contribution in [3.05, 3.63) is 154 Å². The van der Waals surface area contributed by atoms with Gasteiger partial charge in [-0.2, -0.15) is 26.3 Å². The summed E-state index contributed by atoms with van der Waals surface area (Å²) in [7, 11) is 0. The quantitative estimate of drug-likeness (QED) is 0.0514. The summed E-state index contributed by atoms with van der Waals surface area (Å²) in [6, 6.07) is 24.9. The Labute approximate surface area is 435 Å². The molecule has 12 nitrogen and oxygen atoms in total. The average molecular weight is 1050 g/mol. The van der Waals surface area contributed by atoms with Gasteiger partial charge in [0, 0.05) is 83.8 Å². The zero-order valence-electron chi connectivity index (χ0n) is 43.0. The molecule has 76 heavy (non-hydrogen) atoms. The Morgan fingerprint density at radius 3 is 1.24 bits per heavy atom. The fraction of sp³-hybridized carbons (Fsp3) is 0.276. The second kappa shape index (κ2) is 23.1. The van der Waals surface area contributed by atoms with Gasteiger partial charge in [-0.05, 0) is 104 Å². The maximum absolute atomic E-state index is 12.9. The van der Waals surface area contributed by atoms with E-state index in [4.69, 9.17) is 0 Å². The molecule has 8 aromatic rings. The van der Waals surface area contributed by atoms with Crippen LogP contribution in [-0.2, 0) is 0 Å². The van der Waals surface area contributed by atoms with Gasteiger partial charge in [-0.15, -0.1) is 0 Å². The van der Waals surface area contributed by atoms with Crippen LogP contribution in [0.3, 0.4) is 0 Å². The summed E-state index contributed by atoms with van der Waals surface area (Å²) < 4.78 is 80.7. The topological polar surface area (TPSA) is 159 Å². The number of nitrogens with one attached hydrogen (secondary N) is 3. The number of carbonyl (C=O) groups is 4. The Morgan fingerprint density at radius 1 is 0.513 bits per heavy atom. The number of Topliss-reactive ketones (excluding diaryl/α,β-unsaturated/α-hetero) is 2. The maximum atomic E-state index is 12.9. The summed E-state index contributed by atoms with van der Waals surface area (Å²) in [6.07, 6.45) is -2.76. The minimum atomic E-state index is -4.31. The van der Waals surface area contributed by atoms with E-state index in [0.29, 0.717) is 81.1 Å².